The van der Waals surface area contributed by atoms with E-state index in [1.54, 1.807) is 35.2 Å². The lowest BCUT2D eigenvalue weighted by atomic mass is 10.2. The molecular weight excluding hydrogens is 341 g/mol. The van der Waals surface area contributed by atoms with Crippen LogP contribution in [0.15, 0.2) is 70.9 Å². The normalized spacial score (nSPS) is 10.5. The van der Waals surface area contributed by atoms with Crippen molar-refractivity contribution in [3.63, 3.8) is 0 Å². The van der Waals surface area contributed by atoms with Gasteiger partial charge in [0.25, 0.3) is 5.91 Å². The molecule has 0 unspecified atom stereocenters. The first-order valence-corrected chi connectivity index (χ1v) is 9.36. The lowest BCUT2D eigenvalue weighted by Gasteiger charge is -2.10. The van der Waals surface area contributed by atoms with Crippen LogP contribution < -0.4 is 5.32 Å². The van der Waals surface area contributed by atoms with E-state index in [2.05, 4.69) is 16.8 Å². The predicted octanol–water partition coefficient (Wildman–Crippen LogP) is 5.11. The van der Waals surface area contributed by atoms with E-state index in [1.807, 2.05) is 30.3 Å². The molecule has 0 radical (unpaired) electrons. The Morgan fingerprint density at radius 1 is 1.04 bits per heavy atom. The van der Waals surface area contributed by atoms with Crippen LogP contribution in [0.3, 0.4) is 0 Å². The van der Waals surface area contributed by atoms with Gasteiger partial charge in [-0.1, -0.05) is 30.3 Å². The molecule has 1 N–H and O–H groups in total. The van der Waals surface area contributed by atoms with Gasteiger partial charge in [-0.25, -0.2) is 4.39 Å². The molecule has 2 nitrogen and oxygen atoms in total. The minimum atomic E-state index is -0.277. The lowest BCUT2D eigenvalue weighted by molar-refractivity contribution is 0.0948. The second kappa shape index (κ2) is 8.13. The molecule has 1 heterocycles. The molecule has 0 aliphatic carbocycles. The van der Waals surface area contributed by atoms with Gasteiger partial charge in [-0.05, 0) is 41.3 Å². The van der Waals surface area contributed by atoms with E-state index in [0.717, 1.165) is 16.2 Å². The summed E-state index contributed by atoms with van der Waals surface area (Å²) in [5.74, 6) is 0.453. The van der Waals surface area contributed by atoms with E-state index in [0.29, 0.717) is 12.1 Å². The molecule has 0 bridgehead atoms. The molecule has 0 aliphatic rings. The first-order chi connectivity index (χ1) is 11.7. The summed E-state index contributed by atoms with van der Waals surface area (Å²) in [5, 5.41) is 4.95. The summed E-state index contributed by atoms with van der Waals surface area (Å²) >= 11 is 3.37. The lowest BCUT2D eigenvalue weighted by Crippen LogP contribution is -2.23. The van der Waals surface area contributed by atoms with Crippen LogP contribution in [0, 0.1) is 5.82 Å². The van der Waals surface area contributed by atoms with Crippen molar-refractivity contribution in [3.8, 4) is 0 Å². The van der Waals surface area contributed by atoms with Crippen molar-refractivity contribution < 1.29 is 9.18 Å². The van der Waals surface area contributed by atoms with Gasteiger partial charge in [-0.3, -0.25) is 4.79 Å². The van der Waals surface area contributed by atoms with Gasteiger partial charge in [0.2, 0.25) is 0 Å². The summed E-state index contributed by atoms with van der Waals surface area (Å²) in [6.07, 6.45) is 0. The fraction of sp³-hybridized carbons (Fsp3) is 0.105. The van der Waals surface area contributed by atoms with Crippen LogP contribution in [0.4, 0.5) is 4.39 Å². The van der Waals surface area contributed by atoms with E-state index >= 15 is 0 Å². The van der Waals surface area contributed by atoms with Gasteiger partial charge in [0.05, 0.1) is 5.56 Å². The quantitative estimate of drug-likeness (QED) is 0.621. The van der Waals surface area contributed by atoms with Crippen LogP contribution in [0.25, 0.3) is 0 Å². The Labute approximate surface area is 148 Å². The number of thiophene rings is 1. The van der Waals surface area contributed by atoms with Crippen molar-refractivity contribution in [2.75, 3.05) is 0 Å². The maximum Gasteiger partial charge on any atom is 0.252 e. The van der Waals surface area contributed by atoms with Gasteiger partial charge in [0.15, 0.2) is 0 Å². The van der Waals surface area contributed by atoms with E-state index in [9.17, 15) is 9.18 Å². The van der Waals surface area contributed by atoms with E-state index in [1.165, 1.54) is 17.0 Å². The Morgan fingerprint density at radius 2 is 1.83 bits per heavy atom. The molecule has 1 amide bonds. The van der Waals surface area contributed by atoms with Crippen molar-refractivity contribution in [2.24, 2.45) is 0 Å². The zero-order valence-electron chi connectivity index (χ0n) is 12.9. The van der Waals surface area contributed by atoms with Gasteiger partial charge >= 0.3 is 0 Å². The van der Waals surface area contributed by atoms with Crippen LogP contribution in [-0.2, 0) is 12.3 Å². The molecule has 5 heteroatoms. The Morgan fingerprint density at radius 3 is 2.58 bits per heavy atom. The number of amides is 1. The van der Waals surface area contributed by atoms with Gasteiger partial charge in [0, 0.05) is 22.1 Å². The van der Waals surface area contributed by atoms with Crippen LogP contribution >= 0.6 is 23.1 Å². The van der Waals surface area contributed by atoms with Crippen LogP contribution in [0.1, 0.15) is 20.8 Å². The Hall–Kier alpha value is -2.11. The second-order valence-electron chi connectivity index (χ2n) is 5.17. The first kappa shape index (κ1) is 16.7. The largest absolute Gasteiger partial charge is 0.348 e. The van der Waals surface area contributed by atoms with Gasteiger partial charge in [0.1, 0.15) is 5.82 Å². The number of thioether (sulfide) groups is 1. The van der Waals surface area contributed by atoms with Gasteiger partial charge in [-0.15, -0.1) is 23.1 Å². The number of halogens is 1. The standard InChI is InChI=1S/C19H16FNOS2/c20-15-9-7-14(8-10-15)12-21-19(22)17-5-1-2-6-18(17)24-13-16-4-3-11-23-16/h1-11H,12-13H2,(H,21,22). The summed E-state index contributed by atoms with van der Waals surface area (Å²) in [5.41, 5.74) is 1.54. The molecule has 0 saturated heterocycles. The number of nitrogens with one attached hydrogen (secondary N) is 1. The number of carbonyl (C=O) groups excluding carboxylic acids is 1. The molecule has 0 fully saturated rings. The number of rotatable bonds is 6. The molecule has 0 spiro atoms. The van der Waals surface area contributed by atoms with Crippen molar-refractivity contribution >= 4 is 29.0 Å². The molecule has 2 aromatic carbocycles. The van der Waals surface area contributed by atoms with Crippen molar-refractivity contribution in [2.45, 2.75) is 17.2 Å². The molecule has 122 valence electrons. The van der Waals surface area contributed by atoms with Gasteiger partial charge < -0.3 is 5.32 Å². The van der Waals surface area contributed by atoms with Crippen molar-refractivity contribution in [1.82, 2.24) is 5.32 Å². The Bertz CT molecular complexity index is 800. The molecule has 3 rings (SSSR count). The molecular formula is C19H16FNOS2. The highest BCUT2D eigenvalue weighted by Gasteiger charge is 2.11. The summed E-state index contributed by atoms with van der Waals surface area (Å²) in [6, 6.07) is 17.9. The third-order valence-electron chi connectivity index (χ3n) is 3.45. The molecule has 0 aliphatic heterocycles. The van der Waals surface area contributed by atoms with Crippen LogP contribution in [0.5, 0.6) is 0 Å². The Kier molecular flexibility index (Phi) is 5.67. The summed E-state index contributed by atoms with van der Waals surface area (Å²) in [6.45, 7) is 0.378. The summed E-state index contributed by atoms with van der Waals surface area (Å²) in [4.78, 5) is 14.7. The first-order valence-electron chi connectivity index (χ1n) is 7.49. The minimum absolute atomic E-state index is 0.117. The summed E-state index contributed by atoms with van der Waals surface area (Å²) in [7, 11) is 0. The maximum absolute atomic E-state index is 12.9. The fourth-order valence-corrected chi connectivity index (χ4v) is 4.03. The maximum atomic E-state index is 12.9. The highest BCUT2D eigenvalue weighted by molar-refractivity contribution is 7.98. The monoisotopic (exact) mass is 357 g/mol. The average Bonchev–Trinajstić information content (AvgIpc) is 3.13. The molecule has 24 heavy (non-hydrogen) atoms. The SMILES string of the molecule is O=C(NCc1ccc(F)cc1)c1ccccc1SCc1cccs1. The van der Waals surface area contributed by atoms with Gasteiger partial charge in [-0.2, -0.15) is 0 Å². The van der Waals surface area contributed by atoms with Crippen LogP contribution in [0.2, 0.25) is 0 Å². The molecule has 3 aromatic rings. The minimum Gasteiger partial charge on any atom is -0.348 e. The zero-order chi connectivity index (χ0) is 16.8. The van der Waals surface area contributed by atoms with E-state index < -0.39 is 0 Å². The smallest absolute Gasteiger partial charge is 0.252 e. The highest BCUT2D eigenvalue weighted by Crippen LogP contribution is 2.27. The topological polar surface area (TPSA) is 29.1 Å². The number of hydrogen-bond donors (Lipinski definition) is 1. The number of carbonyl (C=O) groups is 1. The molecule has 0 saturated carbocycles. The van der Waals surface area contributed by atoms with Crippen LogP contribution in [-0.4, -0.2) is 5.91 Å². The number of hydrogen-bond acceptors (Lipinski definition) is 3. The highest BCUT2D eigenvalue weighted by atomic mass is 32.2. The van der Waals surface area contributed by atoms with E-state index in [-0.39, 0.29) is 11.7 Å². The summed E-state index contributed by atoms with van der Waals surface area (Å²) < 4.78 is 12.9. The molecule has 1 aromatic heterocycles. The third kappa shape index (κ3) is 4.46. The van der Waals surface area contributed by atoms with E-state index in [4.69, 9.17) is 0 Å². The second-order valence-corrected chi connectivity index (χ2v) is 7.22. The predicted molar refractivity (Wildman–Crippen MR) is 97.9 cm³/mol. The number of benzene rings is 2. The van der Waals surface area contributed by atoms with Crippen molar-refractivity contribution in [1.29, 1.82) is 0 Å². The molecule has 0 atom stereocenters. The Balaban J connectivity index is 1.64. The fourth-order valence-electron chi connectivity index (χ4n) is 2.20. The third-order valence-corrected chi connectivity index (χ3v) is 5.63. The van der Waals surface area contributed by atoms with Crippen molar-refractivity contribution in [3.05, 3.63) is 87.9 Å². The average molecular weight is 357 g/mol. The zero-order valence-corrected chi connectivity index (χ0v) is 14.5.